The number of hydrogen-bond donors (Lipinski definition) is 0. The summed E-state index contributed by atoms with van der Waals surface area (Å²) in [5.74, 6) is -5.63. The maximum absolute atomic E-state index is 12.2. The highest BCUT2D eigenvalue weighted by molar-refractivity contribution is 9.09. The molecule has 0 aromatic carbocycles. The maximum atomic E-state index is 12.2. The van der Waals surface area contributed by atoms with Gasteiger partial charge in [-0.25, -0.2) is 0 Å². The van der Waals surface area contributed by atoms with Gasteiger partial charge >= 0.3 is 41.8 Å². The van der Waals surface area contributed by atoms with E-state index < -0.39 is 115 Å². The Kier molecular flexibility index (Phi) is 13.9. The lowest BCUT2D eigenvalue weighted by molar-refractivity contribution is -0.341. The molecule has 17 nitrogen and oxygen atoms in total. The van der Waals surface area contributed by atoms with Crippen LogP contribution in [0.3, 0.4) is 0 Å². The summed E-state index contributed by atoms with van der Waals surface area (Å²) in [7, 11) is 0. The van der Waals surface area contributed by atoms with Gasteiger partial charge in [-0.15, -0.1) is 0 Å². The first-order chi connectivity index (χ1) is 20.5. The van der Waals surface area contributed by atoms with Crippen LogP contribution in [-0.2, 0) is 80.9 Å². The van der Waals surface area contributed by atoms with Crippen molar-refractivity contribution in [3.8, 4) is 0 Å². The molecular formula is C26H35BrO17. The average Bonchev–Trinajstić information content (AvgIpc) is 2.87. The third-order valence-corrected chi connectivity index (χ3v) is 6.61. The van der Waals surface area contributed by atoms with Crippen molar-refractivity contribution in [3.63, 3.8) is 0 Å². The number of ether oxygens (including phenoxy) is 10. The Bertz CT molecular complexity index is 1090. The highest BCUT2D eigenvalue weighted by Crippen LogP contribution is 2.36. The van der Waals surface area contributed by atoms with E-state index in [0.29, 0.717) is 0 Å². The average molecular weight is 699 g/mol. The molecule has 2 aliphatic rings. The van der Waals surface area contributed by atoms with E-state index in [0.717, 1.165) is 48.5 Å². The molecule has 0 amide bonds. The number of hydrogen-bond acceptors (Lipinski definition) is 17. The van der Waals surface area contributed by atoms with E-state index in [-0.39, 0.29) is 0 Å². The molecule has 1 unspecified atom stereocenters. The van der Waals surface area contributed by atoms with Crippen LogP contribution in [0.25, 0.3) is 0 Å². The minimum absolute atomic E-state index is 0.460. The lowest BCUT2D eigenvalue weighted by atomic mass is 9.96. The van der Waals surface area contributed by atoms with Crippen LogP contribution in [0.1, 0.15) is 48.5 Å². The van der Waals surface area contributed by atoms with E-state index >= 15 is 0 Å². The molecular weight excluding hydrogens is 664 g/mol. The molecule has 2 rings (SSSR count). The SMILES string of the molecule is CC(=O)OC[C@H]1O[C@H](O[C@H]2[C@H](OC(C)=O)[C@@H](OC(C)=O)C(Br)O[C@@H]2COC(C)=O)[C@H](OC(C)=O)[C@@H](OC(C)=O)[C@@H]1OC(C)=O. The summed E-state index contributed by atoms with van der Waals surface area (Å²) in [6.07, 6.45) is -13.2. The van der Waals surface area contributed by atoms with Gasteiger partial charge in [-0.05, 0) is 0 Å². The minimum Gasteiger partial charge on any atom is -0.463 e. The summed E-state index contributed by atoms with van der Waals surface area (Å²) in [6.45, 7) is 6.57. The molecule has 44 heavy (non-hydrogen) atoms. The van der Waals surface area contributed by atoms with Gasteiger partial charge in [0, 0.05) is 48.5 Å². The fourth-order valence-electron chi connectivity index (χ4n) is 4.46. The van der Waals surface area contributed by atoms with Gasteiger partial charge in [-0.1, -0.05) is 15.9 Å². The lowest BCUT2D eigenvalue weighted by Gasteiger charge is -2.48. The molecule has 0 aromatic rings. The monoisotopic (exact) mass is 698 g/mol. The number of carbonyl (C=O) groups excluding carboxylic acids is 7. The fourth-order valence-corrected chi connectivity index (χ4v) is 5.15. The van der Waals surface area contributed by atoms with Gasteiger partial charge in [0.15, 0.2) is 41.8 Å². The molecule has 0 spiro atoms. The molecule has 2 aliphatic heterocycles. The largest absolute Gasteiger partial charge is 0.463 e. The molecule has 2 saturated heterocycles. The van der Waals surface area contributed by atoms with Crippen molar-refractivity contribution in [3.05, 3.63) is 0 Å². The molecule has 248 valence electrons. The summed E-state index contributed by atoms with van der Waals surface area (Å²) < 4.78 is 55.2. The van der Waals surface area contributed by atoms with Gasteiger partial charge in [0.1, 0.15) is 31.5 Å². The van der Waals surface area contributed by atoms with E-state index in [4.69, 9.17) is 47.4 Å². The van der Waals surface area contributed by atoms with Gasteiger partial charge < -0.3 is 47.4 Å². The Morgan fingerprint density at radius 3 is 1.27 bits per heavy atom. The van der Waals surface area contributed by atoms with Crippen molar-refractivity contribution in [1.82, 2.24) is 0 Å². The zero-order valence-electron chi connectivity index (χ0n) is 25.0. The van der Waals surface area contributed by atoms with Crippen molar-refractivity contribution in [1.29, 1.82) is 0 Å². The maximum Gasteiger partial charge on any atom is 0.303 e. The van der Waals surface area contributed by atoms with Crippen molar-refractivity contribution in [2.45, 2.75) is 109 Å². The fraction of sp³-hybridized carbons (Fsp3) is 0.731. The Hall–Kier alpha value is -3.35. The first kappa shape index (κ1) is 36.8. The van der Waals surface area contributed by atoms with Crippen LogP contribution in [0.4, 0.5) is 0 Å². The van der Waals surface area contributed by atoms with Gasteiger partial charge in [-0.3, -0.25) is 33.6 Å². The molecule has 0 saturated carbocycles. The second kappa shape index (κ2) is 16.6. The predicted octanol–water partition coefficient (Wildman–Crippen LogP) is 0.00100. The van der Waals surface area contributed by atoms with Crippen LogP contribution in [0.15, 0.2) is 0 Å². The minimum atomic E-state index is -1.73. The lowest BCUT2D eigenvalue weighted by Crippen LogP contribution is -2.66. The molecule has 0 N–H and O–H groups in total. The van der Waals surface area contributed by atoms with E-state index in [2.05, 4.69) is 15.9 Å². The number of rotatable bonds is 11. The zero-order chi connectivity index (χ0) is 33.3. The van der Waals surface area contributed by atoms with E-state index in [1.807, 2.05) is 0 Å². The summed E-state index contributed by atoms with van der Waals surface area (Å²) >= 11 is 3.23. The standard InChI is InChI=1S/C26H35BrO17/c1-10(28)35-8-17-20(21(38-13(4)31)23(25(27)42-17)40-15(6)33)44-26-24(41-16(7)34)22(39-14(5)32)19(37-12(3)30)18(43-26)9-36-11(2)29/h17-26H,8-9H2,1-7H3/t17-,18-,19-,20-,21+,22+,23-,24-,25?,26-/m1/s1. The number of carbonyl (C=O) groups is 7. The normalized spacial score (nSPS) is 31.5. The quantitative estimate of drug-likeness (QED) is 0.158. The third-order valence-electron chi connectivity index (χ3n) is 5.87. The molecule has 10 atom stereocenters. The predicted molar refractivity (Wildman–Crippen MR) is 142 cm³/mol. The van der Waals surface area contributed by atoms with Gasteiger partial charge in [0.2, 0.25) is 0 Å². The van der Waals surface area contributed by atoms with Gasteiger partial charge in [0.05, 0.1) is 0 Å². The molecule has 0 aliphatic carbocycles. The zero-order valence-corrected chi connectivity index (χ0v) is 26.6. The Morgan fingerprint density at radius 2 is 0.841 bits per heavy atom. The van der Waals surface area contributed by atoms with E-state index in [1.54, 1.807) is 0 Å². The number of halogens is 1. The topological polar surface area (TPSA) is 212 Å². The molecule has 18 heteroatoms. The van der Waals surface area contributed by atoms with Crippen molar-refractivity contribution < 1.29 is 80.9 Å². The molecule has 2 heterocycles. The van der Waals surface area contributed by atoms with Gasteiger partial charge in [0.25, 0.3) is 0 Å². The smallest absolute Gasteiger partial charge is 0.303 e. The van der Waals surface area contributed by atoms with Crippen molar-refractivity contribution in [2.24, 2.45) is 0 Å². The van der Waals surface area contributed by atoms with Crippen LogP contribution in [0.5, 0.6) is 0 Å². The van der Waals surface area contributed by atoms with Crippen LogP contribution in [0.2, 0.25) is 0 Å². The van der Waals surface area contributed by atoms with Crippen LogP contribution in [-0.4, -0.2) is 115 Å². The van der Waals surface area contributed by atoms with Gasteiger partial charge in [-0.2, -0.15) is 0 Å². The highest BCUT2D eigenvalue weighted by atomic mass is 79.9. The number of esters is 7. The molecule has 0 bridgehead atoms. The summed E-state index contributed by atoms with van der Waals surface area (Å²) in [5.41, 5.74) is 0. The second-order valence-corrected chi connectivity index (χ2v) is 10.5. The Morgan fingerprint density at radius 1 is 0.477 bits per heavy atom. The van der Waals surface area contributed by atoms with Crippen LogP contribution in [0, 0.1) is 0 Å². The van der Waals surface area contributed by atoms with E-state index in [1.165, 1.54) is 0 Å². The van der Waals surface area contributed by atoms with Crippen LogP contribution >= 0.6 is 15.9 Å². The Balaban J connectivity index is 2.66. The van der Waals surface area contributed by atoms with Crippen LogP contribution < -0.4 is 0 Å². The second-order valence-electron chi connectivity index (χ2n) is 9.64. The highest BCUT2D eigenvalue weighted by Gasteiger charge is 2.57. The summed E-state index contributed by atoms with van der Waals surface area (Å²) in [6, 6.07) is 0. The van der Waals surface area contributed by atoms with Crippen molar-refractivity contribution >= 4 is 57.7 Å². The Labute approximate surface area is 260 Å². The molecule has 0 radical (unpaired) electrons. The summed E-state index contributed by atoms with van der Waals surface area (Å²) in [5, 5.41) is -1.09. The summed E-state index contributed by atoms with van der Waals surface area (Å²) in [4.78, 5) is 83.8. The molecule has 2 fully saturated rings. The number of alkyl halides is 1. The van der Waals surface area contributed by atoms with Crippen molar-refractivity contribution in [2.75, 3.05) is 13.2 Å². The van der Waals surface area contributed by atoms with E-state index in [9.17, 15) is 33.6 Å². The molecule has 0 aromatic heterocycles. The third kappa shape index (κ3) is 11.0. The first-order valence-corrected chi connectivity index (χ1v) is 14.1. The first-order valence-electron chi connectivity index (χ1n) is 13.2.